The molecule has 0 aliphatic carbocycles. The summed E-state index contributed by atoms with van der Waals surface area (Å²) in [5, 5.41) is 3.36. The van der Waals surface area contributed by atoms with Gasteiger partial charge in [-0.1, -0.05) is 44.2 Å². The van der Waals surface area contributed by atoms with Gasteiger partial charge < -0.3 is 10.1 Å². The first-order valence-electron chi connectivity index (χ1n) is 11.6. The minimum Gasteiger partial charge on any atom is -0.487 e. The molecule has 2 aromatic rings. The summed E-state index contributed by atoms with van der Waals surface area (Å²) in [6.45, 7) is 6.89. The minimum atomic E-state index is -0.217. The van der Waals surface area contributed by atoms with Crippen LogP contribution in [-0.4, -0.2) is 29.5 Å². The van der Waals surface area contributed by atoms with Gasteiger partial charge >= 0.3 is 0 Å². The number of hydrogen-bond donors (Lipinski definition) is 1. The van der Waals surface area contributed by atoms with Crippen molar-refractivity contribution in [2.24, 2.45) is 5.92 Å². The molecule has 1 saturated heterocycles. The van der Waals surface area contributed by atoms with Gasteiger partial charge in [0.05, 0.1) is 6.04 Å². The zero-order valence-corrected chi connectivity index (χ0v) is 18.6. The molecule has 2 heterocycles. The van der Waals surface area contributed by atoms with Crippen molar-refractivity contribution in [3.8, 4) is 5.75 Å². The van der Waals surface area contributed by atoms with Crippen LogP contribution in [-0.2, 0) is 11.3 Å². The number of hydrogen-bond acceptors (Lipinski definition) is 3. The average molecular weight is 425 g/mol. The van der Waals surface area contributed by atoms with E-state index >= 15 is 0 Å². The summed E-state index contributed by atoms with van der Waals surface area (Å²) >= 11 is 0. The molecule has 4 nitrogen and oxygen atoms in total. The first kappa shape index (κ1) is 21.8. The smallest absolute Gasteiger partial charge is 0.223 e. The summed E-state index contributed by atoms with van der Waals surface area (Å²) in [6.07, 6.45) is 4.36. The predicted molar refractivity (Wildman–Crippen MR) is 120 cm³/mol. The Hall–Kier alpha value is -2.40. The molecule has 0 radical (unpaired) electrons. The molecule has 31 heavy (non-hydrogen) atoms. The second-order valence-electron chi connectivity index (χ2n) is 8.97. The molecule has 1 N–H and O–H groups in total. The van der Waals surface area contributed by atoms with Crippen LogP contribution in [0.15, 0.2) is 48.5 Å². The number of piperidine rings is 1. The topological polar surface area (TPSA) is 41.6 Å². The van der Waals surface area contributed by atoms with Crippen LogP contribution in [0.2, 0.25) is 0 Å². The van der Waals surface area contributed by atoms with Crippen molar-refractivity contribution in [2.75, 3.05) is 13.1 Å². The Morgan fingerprint density at radius 1 is 1.10 bits per heavy atom. The maximum absolute atomic E-state index is 13.2. The molecule has 1 atom stereocenters. The number of benzene rings is 2. The van der Waals surface area contributed by atoms with Crippen molar-refractivity contribution in [3.05, 3.63) is 65.5 Å². The van der Waals surface area contributed by atoms with Gasteiger partial charge in [-0.25, -0.2) is 4.39 Å². The van der Waals surface area contributed by atoms with Gasteiger partial charge in [0.25, 0.3) is 0 Å². The summed E-state index contributed by atoms with van der Waals surface area (Å²) in [7, 11) is 0. The molecule has 1 amide bonds. The standard InChI is InChI=1S/C26H33FN2O2/c1-3-26(4-2)17-23(22-7-5-6-8-24(22)31-26)28-25(30)20-13-15-29(16-14-20)18-19-9-11-21(27)12-10-19/h5-12,20,23H,3-4,13-18H2,1-2H3,(H,28,30)/t23-/m1/s1. The van der Waals surface area contributed by atoms with Crippen molar-refractivity contribution in [1.29, 1.82) is 0 Å². The van der Waals surface area contributed by atoms with E-state index in [1.807, 2.05) is 30.3 Å². The lowest BCUT2D eigenvalue weighted by atomic mass is 9.83. The fourth-order valence-corrected chi connectivity index (χ4v) is 4.92. The Morgan fingerprint density at radius 2 is 1.77 bits per heavy atom. The minimum absolute atomic E-state index is 0.00500. The first-order chi connectivity index (χ1) is 15.0. The van der Waals surface area contributed by atoms with Crippen molar-refractivity contribution in [1.82, 2.24) is 10.2 Å². The van der Waals surface area contributed by atoms with Crippen LogP contribution in [0.3, 0.4) is 0 Å². The van der Waals surface area contributed by atoms with Gasteiger partial charge in [0.1, 0.15) is 17.2 Å². The first-order valence-corrected chi connectivity index (χ1v) is 11.6. The number of amides is 1. The number of fused-ring (bicyclic) bond motifs is 1. The number of nitrogens with zero attached hydrogens (tertiary/aromatic N) is 1. The molecular formula is C26H33FN2O2. The van der Waals surface area contributed by atoms with E-state index in [2.05, 4.69) is 30.1 Å². The van der Waals surface area contributed by atoms with Crippen LogP contribution in [0.25, 0.3) is 0 Å². The second kappa shape index (κ2) is 9.39. The molecule has 2 aliphatic heterocycles. The molecule has 4 rings (SSSR count). The zero-order chi connectivity index (χ0) is 21.8. The quantitative estimate of drug-likeness (QED) is 0.690. The maximum atomic E-state index is 13.2. The molecule has 0 spiro atoms. The van der Waals surface area contributed by atoms with Gasteiger partial charge in [0.2, 0.25) is 5.91 Å². The monoisotopic (exact) mass is 424 g/mol. The predicted octanol–water partition coefficient (Wildman–Crippen LogP) is 5.24. The van der Waals surface area contributed by atoms with E-state index in [0.717, 1.165) is 68.6 Å². The lowest BCUT2D eigenvalue weighted by Gasteiger charge is -2.42. The third-order valence-corrected chi connectivity index (χ3v) is 7.08. The molecule has 166 valence electrons. The molecular weight excluding hydrogens is 391 g/mol. The lowest BCUT2D eigenvalue weighted by Crippen LogP contribution is -2.47. The van der Waals surface area contributed by atoms with Crippen LogP contribution in [0, 0.1) is 11.7 Å². The van der Waals surface area contributed by atoms with Gasteiger partial charge in [0, 0.05) is 24.4 Å². The normalized spacial score (nSPS) is 21.2. The molecule has 2 aliphatic rings. The second-order valence-corrected chi connectivity index (χ2v) is 8.97. The highest BCUT2D eigenvalue weighted by atomic mass is 19.1. The summed E-state index contributed by atoms with van der Waals surface area (Å²) < 4.78 is 19.5. The number of likely N-dealkylation sites (tertiary alicyclic amines) is 1. The highest BCUT2D eigenvalue weighted by Gasteiger charge is 2.39. The van der Waals surface area contributed by atoms with Gasteiger partial charge in [-0.15, -0.1) is 0 Å². The maximum Gasteiger partial charge on any atom is 0.223 e. The van der Waals surface area contributed by atoms with Crippen LogP contribution in [0.4, 0.5) is 4.39 Å². The summed E-state index contributed by atoms with van der Waals surface area (Å²) in [4.78, 5) is 15.5. The molecule has 0 unspecified atom stereocenters. The number of nitrogens with one attached hydrogen (secondary N) is 1. The Kier molecular flexibility index (Phi) is 6.61. The van der Waals surface area contributed by atoms with E-state index in [4.69, 9.17) is 4.74 Å². The molecule has 2 aromatic carbocycles. The van der Waals surface area contributed by atoms with E-state index in [1.165, 1.54) is 12.1 Å². The van der Waals surface area contributed by atoms with E-state index in [-0.39, 0.29) is 29.3 Å². The van der Waals surface area contributed by atoms with Crippen LogP contribution in [0.5, 0.6) is 5.75 Å². The number of ether oxygens (including phenoxy) is 1. The third kappa shape index (κ3) is 4.93. The summed E-state index contributed by atoms with van der Waals surface area (Å²) in [5.41, 5.74) is 1.98. The average Bonchev–Trinajstić information content (AvgIpc) is 2.81. The van der Waals surface area contributed by atoms with Crippen molar-refractivity contribution < 1.29 is 13.9 Å². The number of carbonyl (C=O) groups is 1. The Balaban J connectivity index is 1.36. The number of rotatable bonds is 6. The zero-order valence-electron chi connectivity index (χ0n) is 18.6. The fourth-order valence-electron chi connectivity index (χ4n) is 4.92. The van der Waals surface area contributed by atoms with E-state index in [9.17, 15) is 9.18 Å². The lowest BCUT2D eigenvalue weighted by molar-refractivity contribution is -0.128. The number of halogens is 1. The van der Waals surface area contributed by atoms with Crippen molar-refractivity contribution >= 4 is 5.91 Å². The molecule has 0 aromatic heterocycles. The molecule has 0 saturated carbocycles. The molecule has 5 heteroatoms. The summed E-state index contributed by atoms with van der Waals surface area (Å²) in [5.74, 6) is 0.891. The van der Waals surface area contributed by atoms with Gasteiger partial charge in [-0.3, -0.25) is 9.69 Å². The van der Waals surface area contributed by atoms with E-state index in [0.29, 0.717) is 0 Å². The fraction of sp³-hybridized carbons (Fsp3) is 0.500. The van der Waals surface area contributed by atoms with Crippen LogP contribution in [0.1, 0.15) is 63.1 Å². The largest absolute Gasteiger partial charge is 0.487 e. The van der Waals surface area contributed by atoms with Gasteiger partial charge in [0.15, 0.2) is 0 Å². The summed E-state index contributed by atoms with van der Waals surface area (Å²) in [6, 6.07) is 14.8. The van der Waals surface area contributed by atoms with Gasteiger partial charge in [-0.05, 0) is 62.5 Å². The van der Waals surface area contributed by atoms with E-state index in [1.54, 1.807) is 0 Å². The van der Waals surface area contributed by atoms with E-state index < -0.39 is 0 Å². The Morgan fingerprint density at radius 3 is 2.45 bits per heavy atom. The highest BCUT2D eigenvalue weighted by molar-refractivity contribution is 5.79. The molecule has 1 fully saturated rings. The van der Waals surface area contributed by atoms with Crippen molar-refractivity contribution in [2.45, 2.75) is 64.1 Å². The molecule has 0 bridgehead atoms. The SMILES string of the molecule is CCC1(CC)C[C@@H](NC(=O)C2CCN(Cc3ccc(F)cc3)CC2)c2ccccc2O1. The van der Waals surface area contributed by atoms with Crippen molar-refractivity contribution in [3.63, 3.8) is 0 Å². The van der Waals surface area contributed by atoms with Crippen LogP contribution >= 0.6 is 0 Å². The van der Waals surface area contributed by atoms with Gasteiger partial charge in [-0.2, -0.15) is 0 Å². The van der Waals surface area contributed by atoms with Crippen LogP contribution < -0.4 is 10.1 Å². The number of carbonyl (C=O) groups excluding carboxylic acids is 1. The third-order valence-electron chi connectivity index (χ3n) is 7.08. The highest BCUT2D eigenvalue weighted by Crippen LogP contribution is 2.42. The Bertz CT molecular complexity index is 887. The number of para-hydroxylation sites is 1. The Labute approximate surface area is 184 Å².